The van der Waals surface area contributed by atoms with Crippen molar-refractivity contribution in [3.8, 4) is 0 Å². The van der Waals surface area contributed by atoms with E-state index in [2.05, 4.69) is 24.1 Å². The Labute approximate surface area is 263 Å². The number of nitrogens with one attached hydrogen (secondary N) is 2. The number of aliphatic hydroxyl groups is 8. The molecule has 262 valence electrons. The first kappa shape index (κ1) is 40.8. The van der Waals surface area contributed by atoms with Gasteiger partial charge in [-0.15, -0.1) is 0 Å². The molecule has 1 heterocycles. The third-order valence-corrected chi connectivity index (χ3v) is 7.67. The lowest BCUT2D eigenvalue weighted by atomic mass is 9.89. The van der Waals surface area contributed by atoms with Crippen molar-refractivity contribution in [2.24, 2.45) is 0 Å². The minimum Gasteiger partial charge on any atom is -0.394 e. The molecule has 0 radical (unpaired) electrons. The van der Waals surface area contributed by atoms with Gasteiger partial charge >= 0.3 is 0 Å². The van der Waals surface area contributed by atoms with Crippen LogP contribution in [0.3, 0.4) is 0 Å². The van der Waals surface area contributed by atoms with Crippen molar-refractivity contribution in [3.05, 3.63) is 12.2 Å². The molecule has 0 saturated carbocycles. The molecule has 0 aromatic heterocycles. The molecule has 3 amide bonds. The molecule has 1 aliphatic heterocycles. The molecule has 9 atom stereocenters. The Morgan fingerprint density at radius 1 is 0.978 bits per heavy atom. The summed E-state index contributed by atoms with van der Waals surface area (Å²) >= 11 is 0. The van der Waals surface area contributed by atoms with Crippen LogP contribution in [0.4, 0.5) is 0 Å². The van der Waals surface area contributed by atoms with Gasteiger partial charge in [0.05, 0.1) is 13.2 Å². The molecule has 16 heteroatoms. The number of carbonyl (C=O) groups is 3. The smallest absolute Gasteiger partial charge is 0.251 e. The van der Waals surface area contributed by atoms with Crippen molar-refractivity contribution in [1.29, 1.82) is 0 Å². The van der Waals surface area contributed by atoms with Crippen LogP contribution < -0.4 is 10.6 Å². The number of aliphatic hydroxyl groups excluding tert-OH is 8. The molecule has 1 saturated heterocycles. The molecule has 1 aliphatic rings. The summed E-state index contributed by atoms with van der Waals surface area (Å²) in [5, 5.41) is 86.3. The maximum atomic E-state index is 13.0. The molecular weight excluding hydrogens is 598 g/mol. The molecule has 1 rings (SSSR count). The predicted octanol–water partition coefficient (Wildman–Crippen LogP) is -3.37. The Morgan fingerprint density at radius 2 is 1.58 bits per heavy atom. The fourth-order valence-electron chi connectivity index (χ4n) is 4.72. The Kier molecular flexibility index (Phi) is 18.2. The third-order valence-electron chi connectivity index (χ3n) is 7.67. The van der Waals surface area contributed by atoms with E-state index in [0.717, 1.165) is 32.1 Å². The number of hydrogen-bond donors (Lipinski definition) is 10. The van der Waals surface area contributed by atoms with Gasteiger partial charge in [0.25, 0.3) is 5.91 Å². The summed E-state index contributed by atoms with van der Waals surface area (Å²) in [5.74, 6) is -1.79. The van der Waals surface area contributed by atoms with Gasteiger partial charge in [0.15, 0.2) is 12.4 Å². The highest BCUT2D eigenvalue weighted by Gasteiger charge is 2.52. The largest absolute Gasteiger partial charge is 0.394 e. The van der Waals surface area contributed by atoms with Crippen LogP contribution in [0.5, 0.6) is 0 Å². The highest BCUT2D eigenvalue weighted by Crippen LogP contribution is 2.31. The topological polar surface area (TPSA) is 259 Å². The zero-order chi connectivity index (χ0) is 34.3. The van der Waals surface area contributed by atoms with Crippen LogP contribution >= 0.6 is 0 Å². The molecule has 0 aliphatic carbocycles. The lowest BCUT2D eigenvalue weighted by molar-refractivity contribution is -0.353. The SMILES string of the molecule is C=C(CCCCCCC)C(=O)N(CCNC(C)=O)CCNC(=O)C(O)C(O)C(O[C@@H]1OC(C)(CO)[C@H](O)[C@H](O)C1O)C(O)CO. The van der Waals surface area contributed by atoms with E-state index < -0.39 is 73.7 Å². The van der Waals surface area contributed by atoms with Gasteiger partial charge in [-0.3, -0.25) is 14.4 Å². The summed E-state index contributed by atoms with van der Waals surface area (Å²) in [6, 6.07) is 0. The Morgan fingerprint density at radius 3 is 2.13 bits per heavy atom. The number of amides is 3. The van der Waals surface area contributed by atoms with E-state index in [0.29, 0.717) is 12.0 Å². The number of unbranched alkanes of at least 4 members (excludes halogenated alkanes) is 4. The summed E-state index contributed by atoms with van der Waals surface area (Å²) in [5.41, 5.74) is -1.46. The molecule has 0 aromatic rings. The molecule has 0 aromatic carbocycles. The number of hydrogen-bond acceptors (Lipinski definition) is 13. The normalized spacial score (nSPS) is 25.9. The summed E-state index contributed by atoms with van der Waals surface area (Å²) in [7, 11) is 0. The first-order chi connectivity index (χ1) is 21.1. The molecule has 0 bridgehead atoms. The average molecular weight is 652 g/mol. The summed E-state index contributed by atoms with van der Waals surface area (Å²) in [6.45, 7) is 6.71. The molecule has 6 unspecified atom stereocenters. The van der Waals surface area contributed by atoms with Crippen LogP contribution in [0.25, 0.3) is 0 Å². The second-order valence-electron chi connectivity index (χ2n) is 11.5. The molecule has 10 N–H and O–H groups in total. The zero-order valence-corrected chi connectivity index (χ0v) is 26.4. The van der Waals surface area contributed by atoms with Crippen LogP contribution in [0.1, 0.15) is 59.3 Å². The minimum atomic E-state index is -2.25. The Hall–Kier alpha value is -2.25. The first-order valence-corrected chi connectivity index (χ1v) is 15.3. The van der Waals surface area contributed by atoms with Gasteiger partial charge in [-0.2, -0.15) is 0 Å². The highest BCUT2D eigenvalue weighted by molar-refractivity contribution is 5.92. The van der Waals surface area contributed by atoms with Gasteiger partial charge in [-0.1, -0.05) is 39.2 Å². The maximum Gasteiger partial charge on any atom is 0.251 e. The standard InChI is InChI=1S/C29H53N3O13/c1-5-6-7-8-9-10-17(2)27(43)32(13-11-30-18(3)35)14-12-31-26(42)22(39)20(37)24(19(36)15-33)44-28-23(40)21(38)25(41)29(4,16-34)45-28/h19-25,28,33-34,36-41H,2,5-16H2,1,3-4H3,(H,30,35)(H,31,42)/t19?,20?,21-,22?,23?,24?,25-,28-,29?/m1/s1. The van der Waals surface area contributed by atoms with Crippen molar-refractivity contribution in [3.63, 3.8) is 0 Å². The third kappa shape index (κ3) is 12.5. The summed E-state index contributed by atoms with van der Waals surface area (Å²) in [4.78, 5) is 38.5. The number of ether oxygens (including phenoxy) is 2. The van der Waals surface area contributed by atoms with Crippen molar-refractivity contribution in [2.45, 2.75) is 114 Å². The van der Waals surface area contributed by atoms with Crippen LogP contribution in [0.15, 0.2) is 12.2 Å². The zero-order valence-electron chi connectivity index (χ0n) is 26.4. The monoisotopic (exact) mass is 651 g/mol. The van der Waals surface area contributed by atoms with E-state index in [9.17, 15) is 55.2 Å². The second-order valence-corrected chi connectivity index (χ2v) is 11.5. The van der Waals surface area contributed by atoms with Gasteiger partial charge in [-0.25, -0.2) is 0 Å². The van der Waals surface area contributed by atoms with E-state index in [1.165, 1.54) is 18.7 Å². The van der Waals surface area contributed by atoms with Crippen LogP contribution in [-0.4, -0.2) is 157 Å². The number of rotatable bonds is 21. The first-order valence-electron chi connectivity index (χ1n) is 15.3. The molecule has 16 nitrogen and oxygen atoms in total. The van der Waals surface area contributed by atoms with Gasteiger partial charge in [0.2, 0.25) is 11.8 Å². The highest BCUT2D eigenvalue weighted by atomic mass is 16.7. The van der Waals surface area contributed by atoms with Crippen molar-refractivity contribution >= 4 is 17.7 Å². The van der Waals surface area contributed by atoms with E-state index >= 15 is 0 Å². The molecule has 1 fully saturated rings. The van der Waals surface area contributed by atoms with Crippen molar-refractivity contribution in [2.75, 3.05) is 39.4 Å². The number of carbonyl (C=O) groups excluding carboxylic acids is 3. The lowest BCUT2D eigenvalue weighted by Crippen LogP contribution is -2.66. The molecule has 0 spiro atoms. The average Bonchev–Trinajstić information content (AvgIpc) is 3.02. The van der Waals surface area contributed by atoms with Crippen LogP contribution in [0, 0.1) is 0 Å². The second kappa shape index (κ2) is 20.1. The maximum absolute atomic E-state index is 13.0. The van der Waals surface area contributed by atoms with Gasteiger partial charge in [0.1, 0.15) is 42.2 Å². The van der Waals surface area contributed by atoms with Crippen molar-refractivity contribution in [1.82, 2.24) is 15.5 Å². The van der Waals surface area contributed by atoms with Gasteiger partial charge < -0.3 is 65.9 Å². The Balaban J connectivity index is 2.88. The number of nitrogens with zero attached hydrogens (tertiary/aromatic N) is 1. The van der Waals surface area contributed by atoms with Crippen LogP contribution in [0.2, 0.25) is 0 Å². The summed E-state index contributed by atoms with van der Waals surface area (Å²) < 4.78 is 10.7. The predicted molar refractivity (Wildman–Crippen MR) is 159 cm³/mol. The fourth-order valence-corrected chi connectivity index (χ4v) is 4.72. The molecule has 45 heavy (non-hydrogen) atoms. The summed E-state index contributed by atoms with van der Waals surface area (Å²) in [6.07, 6.45) is -10.3. The fraction of sp³-hybridized carbons (Fsp3) is 0.828. The lowest BCUT2D eigenvalue weighted by Gasteiger charge is -2.47. The van der Waals surface area contributed by atoms with E-state index in [1.807, 2.05) is 0 Å². The van der Waals surface area contributed by atoms with E-state index in [1.54, 1.807) is 0 Å². The quantitative estimate of drug-likeness (QED) is 0.0430. The molecular formula is C29H53N3O13. The van der Waals surface area contributed by atoms with E-state index in [4.69, 9.17) is 9.47 Å². The minimum absolute atomic E-state index is 0.0386. The van der Waals surface area contributed by atoms with Crippen LogP contribution in [-0.2, 0) is 23.9 Å². The van der Waals surface area contributed by atoms with Gasteiger partial charge in [-0.05, 0) is 19.8 Å². The van der Waals surface area contributed by atoms with Gasteiger partial charge in [0, 0.05) is 38.7 Å². The Bertz CT molecular complexity index is 941. The van der Waals surface area contributed by atoms with E-state index in [-0.39, 0.29) is 38.0 Å². The van der Waals surface area contributed by atoms with Crippen molar-refractivity contribution < 1.29 is 64.7 Å².